The summed E-state index contributed by atoms with van der Waals surface area (Å²) in [6.07, 6.45) is 11.2. The van der Waals surface area contributed by atoms with Crippen molar-refractivity contribution in [2.45, 2.75) is 71.3 Å². The fraction of sp³-hybridized carbons (Fsp3) is 0.857. The summed E-state index contributed by atoms with van der Waals surface area (Å²) in [7, 11) is 0. The molecule has 0 rings (SSSR count). The van der Waals surface area contributed by atoms with Crippen molar-refractivity contribution in [1.29, 1.82) is 0 Å². The highest BCUT2D eigenvalue weighted by atomic mass is 16.3. The van der Waals surface area contributed by atoms with E-state index < -0.39 is 0 Å². The topological polar surface area (TPSA) is 20.2 Å². The van der Waals surface area contributed by atoms with Crippen LogP contribution in [0.15, 0.2) is 12.7 Å². The van der Waals surface area contributed by atoms with Crippen LogP contribution in [-0.4, -0.2) is 11.2 Å². The molecule has 1 heteroatoms. The normalized spacial score (nSPS) is 14.9. The third-order valence-corrected chi connectivity index (χ3v) is 3.04. The van der Waals surface area contributed by atoms with Crippen molar-refractivity contribution in [3.63, 3.8) is 0 Å². The average Bonchev–Trinajstić information content (AvgIpc) is 2.24. The molecule has 0 heterocycles. The third-order valence-electron chi connectivity index (χ3n) is 3.04. The van der Waals surface area contributed by atoms with E-state index in [0.717, 1.165) is 19.3 Å². The minimum atomic E-state index is -0.161. The number of aliphatic hydroxyl groups is 1. The minimum Gasteiger partial charge on any atom is -0.393 e. The highest BCUT2D eigenvalue weighted by molar-refractivity contribution is 4.84. The zero-order valence-corrected chi connectivity index (χ0v) is 10.5. The number of hydrogen-bond acceptors (Lipinski definition) is 1. The Hall–Kier alpha value is -0.300. The summed E-state index contributed by atoms with van der Waals surface area (Å²) in [5.41, 5.74) is 0. The first-order valence-electron chi connectivity index (χ1n) is 6.56. The van der Waals surface area contributed by atoms with Crippen molar-refractivity contribution in [1.82, 2.24) is 0 Å². The first kappa shape index (κ1) is 14.7. The van der Waals surface area contributed by atoms with Crippen LogP contribution < -0.4 is 0 Å². The summed E-state index contributed by atoms with van der Waals surface area (Å²) in [4.78, 5) is 0. The van der Waals surface area contributed by atoms with Crippen molar-refractivity contribution in [2.24, 2.45) is 5.92 Å². The van der Waals surface area contributed by atoms with Crippen molar-refractivity contribution >= 4 is 0 Å². The molecule has 0 fully saturated rings. The van der Waals surface area contributed by atoms with Gasteiger partial charge in [-0.25, -0.2) is 0 Å². The first-order valence-corrected chi connectivity index (χ1v) is 6.56. The molecule has 0 aromatic heterocycles. The highest BCUT2D eigenvalue weighted by Crippen LogP contribution is 2.19. The molecule has 90 valence electrons. The monoisotopic (exact) mass is 212 g/mol. The maximum atomic E-state index is 9.96. The predicted octanol–water partition coefficient (Wildman–Crippen LogP) is 4.31. The van der Waals surface area contributed by atoms with Crippen LogP contribution in [0.3, 0.4) is 0 Å². The number of aliphatic hydroxyl groups excluding tert-OH is 1. The Morgan fingerprint density at radius 3 is 2.00 bits per heavy atom. The van der Waals surface area contributed by atoms with E-state index >= 15 is 0 Å². The number of unbranched alkanes of at least 4 members (excludes halogenated alkanes) is 4. The molecular formula is C14H28O. The van der Waals surface area contributed by atoms with Gasteiger partial charge in [0.15, 0.2) is 0 Å². The Labute approximate surface area is 95.6 Å². The number of rotatable bonds is 10. The van der Waals surface area contributed by atoms with Crippen molar-refractivity contribution in [2.75, 3.05) is 0 Å². The largest absolute Gasteiger partial charge is 0.393 e. The lowest BCUT2D eigenvalue weighted by atomic mass is 9.92. The standard InChI is InChI=1S/C14H28O/c1-4-7-9-11-13(6-3)14(15)12-10-8-5-2/h6,13-15H,3-5,7-12H2,1-2H3/t13-,14-/m0/s1. The van der Waals surface area contributed by atoms with Gasteiger partial charge in [-0.3, -0.25) is 0 Å². The Morgan fingerprint density at radius 2 is 1.53 bits per heavy atom. The van der Waals surface area contributed by atoms with E-state index in [4.69, 9.17) is 0 Å². The van der Waals surface area contributed by atoms with E-state index in [-0.39, 0.29) is 6.10 Å². The Kier molecular flexibility index (Phi) is 10.0. The summed E-state index contributed by atoms with van der Waals surface area (Å²) in [6.45, 7) is 8.23. The molecule has 0 aliphatic carbocycles. The predicted molar refractivity (Wildman–Crippen MR) is 68.0 cm³/mol. The van der Waals surface area contributed by atoms with E-state index in [0.29, 0.717) is 5.92 Å². The molecule has 1 nitrogen and oxygen atoms in total. The smallest absolute Gasteiger partial charge is 0.0602 e. The van der Waals surface area contributed by atoms with Gasteiger partial charge in [-0.15, -0.1) is 6.58 Å². The molecule has 0 radical (unpaired) electrons. The molecule has 0 aliphatic heterocycles. The fourth-order valence-corrected chi connectivity index (χ4v) is 1.91. The van der Waals surface area contributed by atoms with Gasteiger partial charge >= 0.3 is 0 Å². The van der Waals surface area contributed by atoms with E-state index in [1.807, 2.05) is 6.08 Å². The van der Waals surface area contributed by atoms with Crippen LogP contribution in [0.25, 0.3) is 0 Å². The minimum absolute atomic E-state index is 0.161. The van der Waals surface area contributed by atoms with Crippen LogP contribution in [-0.2, 0) is 0 Å². The quantitative estimate of drug-likeness (QED) is 0.422. The van der Waals surface area contributed by atoms with Gasteiger partial charge in [-0.2, -0.15) is 0 Å². The summed E-state index contributed by atoms with van der Waals surface area (Å²) in [5.74, 6) is 0.313. The lowest BCUT2D eigenvalue weighted by molar-refractivity contribution is 0.112. The van der Waals surface area contributed by atoms with Crippen LogP contribution in [0.4, 0.5) is 0 Å². The molecule has 0 aromatic carbocycles. The third kappa shape index (κ3) is 7.61. The van der Waals surface area contributed by atoms with Crippen molar-refractivity contribution in [3.05, 3.63) is 12.7 Å². The van der Waals surface area contributed by atoms with Crippen LogP contribution in [0, 0.1) is 5.92 Å². The van der Waals surface area contributed by atoms with Gasteiger partial charge in [-0.1, -0.05) is 58.4 Å². The molecule has 2 atom stereocenters. The zero-order valence-electron chi connectivity index (χ0n) is 10.5. The van der Waals surface area contributed by atoms with E-state index in [1.54, 1.807) is 0 Å². The second-order valence-electron chi connectivity index (χ2n) is 4.46. The molecule has 0 aliphatic rings. The van der Waals surface area contributed by atoms with Gasteiger partial charge in [0.25, 0.3) is 0 Å². The molecule has 1 N–H and O–H groups in total. The summed E-state index contributed by atoms with van der Waals surface area (Å²) >= 11 is 0. The molecule has 0 amide bonds. The average molecular weight is 212 g/mol. The molecule has 0 aromatic rings. The van der Waals surface area contributed by atoms with E-state index in [1.165, 1.54) is 32.1 Å². The maximum Gasteiger partial charge on any atom is 0.0602 e. The first-order chi connectivity index (χ1) is 7.26. The maximum absolute atomic E-state index is 9.96. The Morgan fingerprint density at radius 1 is 1.00 bits per heavy atom. The van der Waals surface area contributed by atoms with E-state index in [9.17, 15) is 5.11 Å². The summed E-state index contributed by atoms with van der Waals surface area (Å²) in [6, 6.07) is 0. The second-order valence-corrected chi connectivity index (χ2v) is 4.46. The Balaban J connectivity index is 3.67. The fourth-order valence-electron chi connectivity index (χ4n) is 1.91. The summed E-state index contributed by atoms with van der Waals surface area (Å²) < 4.78 is 0. The van der Waals surface area contributed by atoms with Gasteiger partial charge in [0.2, 0.25) is 0 Å². The van der Waals surface area contributed by atoms with Crippen LogP contribution in [0.2, 0.25) is 0 Å². The molecule has 15 heavy (non-hydrogen) atoms. The summed E-state index contributed by atoms with van der Waals surface area (Å²) in [5, 5.41) is 9.96. The van der Waals surface area contributed by atoms with Gasteiger partial charge in [0.05, 0.1) is 6.10 Å². The lowest BCUT2D eigenvalue weighted by Gasteiger charge is -2.19. The molecule has 0 saturated heterocycles. The zero-order chi connectivity index (χ0) is 11.5. The lowest BCUT2D eigenvalue weighted by Crippen LogP contribution is -2.18. The second kappa shape index (κ2) is 10.2. The molecule has 0 spiro atoms. The van der Waals surface area contributed by atoms with Crippen LogP contribution in [0.5, 0.6) is 0 Å². The SMILES string of the molecule is C=C[C@@H](CCCCC)[C@@H](O)CCCCC. The van der Waals surface area contributed by atoms with Crippen molar-refractivity contribution < 1.29 is 5.11 Å². The van der Waals surface area contributed by atoms with Crippen molar-refractivity contribution in [3.8, 4) is 0 Å². The van der Waals surface area contributed by atoms with Gasteiger partial charge in [-0.05, 0) is 12.8 Å². The molecule has 0 unspecified atom stereocenters. The van der Waals surface area contributed by atoms with Gasteiger partial charge in [0, 0.05) is 5.92 Å². The van der Waals surface area contributed by atoms with Gasteiger partial charge < -0.3 is 5.11 Å². The molecule has 0 bridgehead atoms. The number of hydrogen-bond donors (Lipinski definition) is 1. The van der Waals surface area contributed by atoms with Crippen LogP contribution in [0.1, 0.15) is 65.2 Å². The molecule has 0 saturated carbocycles. The Bertz CT molecular complexity index is 142. The van der Waals surface area contributed by atoms with Gasteiger partial charge in [0.1, 0.15) is 0 Å². The van der Waals surface area contributed by atoms with Crippen LogP contribution >= 0.6 is 0 Å². The van der Waals surface area contributed by atoms with E-state index in [2.05, 4.69) is 20.4 Å². The highest BCUT2D eigenvalue weighted by Gasteiger charge is 2.14. The molecular weight excluding hydrogens is 184 g/mol.